The summed E-state index contributed by atoms with van der Waals surface area (Å²) in [5, 5.41) is 2.91. The number of hydrogen-bond donors (Lipinski definition) is 1. The smallest absolute Gasteiger partial charge is 0.251 e. The number of likely N-dealkylation sites (tertiary alicyclic amines) is 1. The molecule has 7 heteroatoms. The number of benzene rings is 1. The molecule has 0 unspecified atom stereocenters. The molecule has 2 saturated heterocycles. The topological polar surface area (TPSA) is 79.0 Å². The predicted molar refractivity (Wildman–Crippen MR) is 111 cm³/mol. The van der Waals surface area contributed by atoms with E-state index in [1.165, 1.54) is 0 Å². The minimum absolute atomic E-state index is 0.0445. The SMILES string of the molecule is CC(C)C[C@H](NC(=O)c1ccc(N(C)C)cc1)C(=O)N1CCC[C@@H]2OCC(=O)[C@@H]21. The number of nitrogens with zero attached hydrogens (tertiary/aromatic N) is 2. The second-order valence-electron chi connectivity index (χ2n) is 8.53. The summed E-state index contributed by atoms with van der Waals surface area (Å²) in [5.74, 6) is -0.296. The van der Waals surface area contributed by atoms with Crippen LogP contribution in [0.15, 0.2) is 24.3 Å². The minimum Gasteiger partial charge on any atom is -0.378 e. The average Bonchev–Trinajstić information content (AvgIpc) is 3.07. The Labute approximate surface area is 172 Å². The maximum absolute atomic E-state index is 13.3. The van der Waals surface area contributed by atoms with Crippen LogP contribution >= 0.6 is 0 Å². The molecule has 2 amide bonds. The Kier molecular flexibility index (Phi) is 6.57. The molecule has 2 fully saturated rings. The molecule has 0 saturated carbocycles. The van der Waals surface area contributed by atoms with Crippen molar-refractivity contribution in [3.63, 3.8) is 0 Å². The van der Waals surface area contributed by atoms with Crippen LogP contribution in [0.3, 0.4) is 0 Å². The number of carbonyl (C=O) groups excluding carboxylic acids is 3. The van der Waals surface area contributed by atoms with E-state index >= 15 is 0 Å². The van der Waals surface area contributed by atoms with Crippen LogP contribution in [-0.4, -0.2) is 67.9 Å². The summed E-state index contributed by atoms with van der Waals surface area (Å²) in [7, 11) is 3.87. The van der Waals surface area contributed by atoms with Crippen molar-refractivity contribution < 1.29 is 19.1 Å². The first-order chi connectivity index (χ1) is 13.8. The summed E-state index contributed by atoms with van der Waals surface area (Å²) >= 11 is 0. The number of ether oxygens (including phenoxy) is 1. The van der Waals surface area contributed by atoms with Crippen LogP contribution in [0.1, 0.15) is 43.5 Å². The molecule has 3 atom stereocenters. The molecular weight excluding hydrogens is 370 g/mol. The van der Waals surface area contributed by atoms with Crippen LogP contribution < -0.4 is 10.2 Å². The van der Waals surface area contributed by atoms with Gasteiger partial charge in [0.15, 0.2) is 5.78 Å². The van der Waals surface area contributed by atoms with Gasteiger partial charge >= 0.3 is 0 Å². The van der Waals surface area contributed by atoms with Gasteiger partial charge in [0, 0.05) is 31.9 Å². The Bertz CT molecular complexity index is 760. The third kappa shape index (κ3) is 4.78. The van der Waals surface area contributed by atoms with Crippen molar-refractivity contribution in [2.45, 2.75) is 51.3 Å². The highest BCUT2D eigenvalue weighted by Gasteiger charge is 2.45. The van der Waals surface area contributed by atoms with Crippen molar-refractivity contribution in [1.29, 1.82) is 0 Å². The van der Waals surface area contributed by atoms with Gasteiger partial charge in [-0.2, -0.15) is 0 Å². The van der Waals surface area contributed by atoms with Crippen LogP contribution in [0, 0.1) is 5.92 Å². The van der Waals surface area contributed by atoms with E-state index < -0.39 is 12.1 Å². The number of ketones is 1. The zero-order valence-corrected chi connectivity index (χ0v) is 17.7. The van der Waals surface area contributed by atoms with Crippen molar-refractivity contribution >= 4 is 23.3 Å². The molecule has 2 aliphatic rings. The Morgan fingerprint density at radius 1 is 1.24 bits per heavy atom. The number of anilines is 1. The zero-order chi connectivity index (χ0) is 21.1. The third-order valence-electron chi connectivity index (χ3n) is 5.58. The summed E-state index contributed by atoms with van der Waals surface area (Å²) in [6.07, 6.45) is 1.89. The second-order valence-corrected chi connectivity index (χ2v) is 8.53. The van der Waals surface area contributed by atoms with Gasteiger partial charge in [0.1, 0.15) is 18.7 Å². The first kappa shape index (κ1) is 21.3. The number of piperidine rings is 1. The zero-order valence-electron chi connectivity index (χ0n) is 17.7. The predicted octanol–water partition coefficient (Wildman–Crippen LogP) is 1.86. The maximum atomic E-state index is 13.3. The molecule has 158 valence electrons. The van der Waals surface area contributed by atoms with Gasteiger partial charge in [-0.25, -0.2) is 0 Å². The molecule has 2 aliphatic heterocycles. The van der Waals surface area contributed by atoms with Crippen molar-refractivity contribution in [2.75, 3.05) is 32.1 Å². The highest BCUT2D eigenvalue weighted by molar-refractivity contribution is 5.99. The fraction of sp³-hybridized carbons (Fsp3) is 0.591. The fourth-order valence-corrected chi connectivity index (χ4v) is 4.08. The molecule has 0 aromatic heterocycles. The summed E-state index contributed by atoms with van der Waals surface area (Å²) in [5.41, 5.74) is 1.50. The maximum Gasteiger partial charge on any atom is 0.251 e. The first-order valence-electron chi connectivity index (χ1n) is 10.3. The van der Waals surface area contributed by atoms with Gasteiger partial charge in [-0.3, -0.25) is 14.4 Å². The van der Waals surface area contributed by atoms with Crippen LogP contribution in [0.2, 0.25) is 0 Å². The van der Waals surface area contributed by atoms with E-state index in [9.17, 15) is 14.4 Å². The number of fused-ring (bicyclic) bond motifs is 1. The standard InChI is InChI=1S/C22H31N3O4/c1-14(2)12-17(23-21(27)15-7-9-16(10-8-15)24(3)4)22(28)25-11-5-6-19-20(25)18(26)13-29-19/h7-10,14,17,19-20H,5-6,11-13H2,1-4H3,(H,23,27)/t17-,19-,20-/m0/s1. The third-order valence-corrected chi connectivity index (χ3v) is 5.58. The van der Waals surface area contributed by atoms with Gasteiger partial charge in [0.05, 0.1) is 6.10 Å². The summed E-state index contributed by atoms with van der Waals surface area (Å²) in [6, 6.07) is 6.08. The van der Waals surface area contributed by atoms with Crippen LogP contribution in [-0.2, 0) is 14.3 Å². The molecule has 1 aromatic rings. The van der Waals surface area contributed by atoms with Gasteiger partial charge < -0.3 is 19.9 Å². The lowest BCUT2D eigenvalue weighted by Crippen LogP contribution is -2.58. The Morgan fingerprint density at radius 2 is 1.93 bits per heavy atom. The van der Waals surface area contributed by atoms with E-state index in [0.29, 0.717) is 18.5 Å². The largest absolute Gasteiger partial charge is 0.378 e. The van der Waals surface area contributed by atoms with Crippen LogP contribution in [0.5, 0.6) is 0 Å². The molecule has 0 bridgehead atoms. The van der Waals surface area contributed by atoms with Crippen molar-refractivity contribution in [1.82, 2.24) is 10.2 Å². The van der Waals surface area contributed by atoms with E-state index in [2.05, 4.69) is 5.32 Å². The number of rotatable bonds is 6. The summed E-state index contributed by atoms with van der Waals surface area (Å²) < 4.78 is 5.56. The van der Waals surface area contributed by atoms with Crippen molar-refractivity contribution in [3.05, 3.63) is 29.8 Å². The van der Waals surface area contributed by atoms with Gasteiger partial charge in [-0.05, 0) is 49.4 Å². The van der Waals surface area contributed by atoms with Crippen LogP contribution in [0.4, 0.5) is 5.69 Å². The molecule has 1 aromatic carbocycles. The number of carbonyl (C=O) groups is 3. The highest BCUT2D eigenvalue weighted by atomic mass is 16.5. The summed E-state index contributed by atoms with van der Waals surface area (Å²) in [6.45, 7) is 4.62. The van der Waals surface area contributed by atoms with Gasteiger partial charge in [-0.1, -0.05) is 13.8 Å². The van der Waals surface area contributed by atoms with E-state index in [1.807, 2.05) is 45.0 Å². The second kappa shape index (κ2) is 8.95. The normalized spacial score (nSPS) is 22.4. The molecule has 0 spiro atoms. The highest BCUT2D eigenvalue weighted by Crippen LogP contribution is 2.27. The van der Waals surface area contributed by atoms with E-state index in [0.717, 1.165) is 18.5 Å². The fourth-order valence-electron chi connectivity index (χ4n) is 4.08. The lowest BCUT2D eigenvalue weighted by molar-refractivity contribution is -0.142. The van der Waals surface area contributed by atoms with E-state index in [4.69, 9.17) is 4.74 Å². The Balaban J connectivity index is 1.75. The number of nitrogens with one attached hydrogen (secondary N) is 1. The Hall–Kier alpha value is -2.41. The monoisotopic (exact) mass is 401 g/mol. The van der Waals surface area contributed by atoms with Crippen LogP contribution in [0.25, 0.3) is 0 Å². The molecule has 3 rings (SSSR count). The molecule has 2 heterocycles. The average molecular weight is 402 g/mol. The van der Waals surface area contributed by atoms with Gasteiger partial charge in [0.2, 0.25) is 5.91 Å². The van der Waals surface area contributed by atoms with E-state index in [1.54, 1.807) is 17.0 Å². The molecular formula is C22H31N3O4. The number of hydrogen-bond acceptors (Lipinski definition) is 5. The molecule has 0 radical (unpaired) electrons. The molecule has 7 nitrogen and oxygen atoms in total. The number of Topliss-reactive ketones (excluding diaryl/α,β-unsaturated/α-hetero) is 1. The first-order valence-corrected chi connectivity index (χ1v) is 10.3. The van der Waals surface area contributed by atoms with Crippen molar-refractivity contribution in [2.24, 2.45) is 5.92 Å². The lowest BCUT2D eigenvalue weighted by Gasteiger charge is -2.37. The van der Waals surface area contributed by atoms with Crippen molar-refractivity contribution in [3.8, 4) is 0 Å². The summed E-state index contributed by atoms with van der Waals surface area (Å²) in [4.78, 5) is 42.0. The molecule has 0 aliphatic carbocycles. The molecule has 29 heavy (non-hydrogen) atoms. The number of amides is 2. The van der Waals surface area contributed by atoms with E-state index in [-0.39, 0.29) is 36.2 Å². The molecule has 1 N–H and O–H groups in total. The Morgan fingerprint density at radius 3 is 2.55 bits per heavy atom. The minimum atomic E-state index is -0.664. The quantitative estimate of drug-likeness (QED) is 0.787. The lowest BCUT2D eigenvalue weighted by atomic mass is 9.95. The van der Waals surface area contributed by atoms with Gasteiger partial charge in [0.25, 0.3) is 5.91 Å². The van der Waals surface area contributed by atoms with Gasteiger partial charge in [-0.15, -0.1) is 0 Å².